The number of benzene rings is 1. The molecule has 0 fully saturated rings. The first-order valence-corrected chi connectivity index (χ1v) is 8.83. The number of rotatable bonds is 6. The summed E-state index contributed by atoms with van der Waals surface area (Å²) in [7, 11) is 0. The maximum atomic E-state index is 12.1. The number of pyridine rings is 1. The Kier molecular flexibility index (Phi) is 5.40. The molecule has 0 radical (unpaired) electrons. The van der Waals surface area contributed by atoms with Crippen LogP contribution >= 0.6 is 11.3 Å². The van der Waals surface area contributed by atoms with Gasteiger partial charge < -0.3 is 10.1 Å². The molecule has 6 heteroatoms. The van der Waals surface area contributed by atoms with E-state index in [4.69, 9.17) is 4.74 Å². The summed E-state index contributed by atoms with van der Waals surface area (Å²) in [5, 5.41) is 5.52. The van der Waals surface area contributed by atoms with Gasteiger partial charge in [-0.1, -0.05) is 23.8 Å². The van der Waals surface area contributed by atoms with E-state index in [9.17, 15) is 4.79 Å². The molecule has 3 aromatic rings. The molecule has 5 nitrogen and oxygen atoms in total. The van der Waals surface area contributed by atoms with Gasteiger partial charge in [-0.05, 0) is 38.1 Å². The molecule has 0 spiro atoms. The Morgan fingerprint density at radius 2 is 1.92 bits per heavy atom. The fraction of sp³-hybridized carbons (Fsp3) is 0.211. The number of carbonyl (C=O) groups is 1. The molecule has 128 valence electrons. The molecule has 1 amide bonds. The smallest absolute Gasteiger partial charge is 0.231 e. The average Bonchev–Trinajstić information content (AvgIpc) is 3.01. The molecule has 0 aliphatic carbocycles. The van der Waals surface area contributed by atoms with Crippen LogP contribution in [0, 0.1) is 13.8 Å². The number of ether oxygens (including phenoxy) is 1. The van der Waals surface area contributed by atoms with Crippen LogP contribution in [0.4, 0.5) is 5.82 Å². The van der Waals surface area contributed by atoms with Gasteiger partial charge >= 0.3 is 0 Å². The summed E-state index contributed by atoms with van der Waals surface area (Å²) in [5.41, 5.74) is 2.79. The minimum absolute atomic E-state index is 0.130. The number of amides is 1. The molecule has 25 heavy (non-hydrogen) atoms. The molecular formula is C19H19N3O2S. The zero-order chi connectivity index (χ0) is 17.6. The molecule has 3 rings (SSSR count). The number of hydrogen-bond acceptors (Lipinski definition) is 5. The standard InChI is InChI=1S/C19H19N3O2S/c1-13-6-8-16(9-7-13)24-11-19-21-15(12-25-19)10-18(23)22-17-5-3-4-14(2)20-17/h3-9,12H,10-11H2,1-2H3,(H,20,22,23). The highest BCUT2D eigenvalue weighted by Gasteiger charge is 2.09. The van der Waals surface area contributed by atoms with Crippen LogP contribution in [-0.4, -0.2) is 15.9 Å². The van der Waals surface area contributed by atoms with Crippen molar-refractivity contribution in [1.29, 1.82) is 0 Å². The van der Waals surface area contributed by atoms with Crippen LogP contribution in [-0.2, 0) is 17.8 Å². The third-order valence-electron chi connectivity index (χ3n) is 3.48. The van der Waals surface area contributed by atoms with Crippen molar-refractivity contribution in [3.8, 4) is 5.75 Å². The van der Waals surface area contributed by atoms with Gasteiger partial charge in [0.1, 0.15) is 23.2 Å². The molecule has 0 bridgehead atoms. The zero-order valence-corrected chi connectivity index (χ0v) is 15.0. The second-order valence-electron chi connectivity index (χ2n) is 5.72. The second-order valence-corrected chi connectivity index (χ2v) is 6.67. The number of carbonyl (C=O) groups excluding carboxylic acids is 1. The normalized spacial score (nSPS) is 10.5. The molecule has 0 atom stereocenters. The molecule has 0 aliphatic rings. The Labute approximate surface area is 150 Å². The van der Waals surface area contributed by atoms with Crippen molar-refractivity contribution < 1.29 is 9.53 Å². The third kappa shape index (κ3) is 5.12. The minimum atomic E-state index is -0.130. The first-order chi connectivity index (χ1) is 12.1. The number of nitrogens with one attached hydrogen (secondary N) is 1. The maximum absolute atomic E-state index is 12.1. The van der Waals surface area contributed by atoms with Crippen molar-refractivity contribution in [3.63, 3.8) is 0 Å². The quantitative estimate of drug-likeness (QED) is 0.730. The van der Waals surface area contributed by atoms with E-state index in [2.05, 4.69) is 15.3 Å². The van der Waals surface area contributed by atoms with Crippen LogP contribution in [0.5, 0.6) is 5.75 Å². The first-order valence-electron chi connectivity index (χ1n) is 7.95. The lowest BCUT2D eigenvalue weighted by Crippen LogP contribution is -2.15. The molecule has 2 heterocycles. The fourth-order valence-electron chi connectivity index (χ4n) is 2.24. The van der Waals surface area contributed by atoms with Crippen LogP contribution in [0.2, 0.25) is 0 Å². The highest BCUT2D eigenvalue weighted by atomic mass is 32.1. The molecular weight excluding hydrogens is 334 g/mol. The van der Waals surface area contributed by atoms with Crippen molar-refractivity contribution in [3.05, 3.63) is 69.8 Å². The molecule has 0 saturated heterocycles. The summed E-state index contributed by atoms with van der Waals surface area (Å²) in [6, 6.07) is 13.4. The molecule has 0 unspecified atom stereocenters. The summed E-state index contributed by atoms with van der Waals surface area (Å²) >= 11 is 1.49. The molecule has 0 aliphatic heterocycles. The van der Waals surface area contributed by atoms with E-state index in [-0.39, 0.29) is 12.3 Å². The van der Waals surface area contributed by atoms with Crippen LogP contribution in [0.15, 0.2) is 47.8 Å². The molecule has 1 aromatic carbocycles. The highest BCUT2D eigenvalue weighted by Crippen LogP contribution is 2.16. The summed E-state index contributed by atoms with van der Waals surface area (Å²) < 4.78 is 5.71. The number of hydrogen-bond donors (Lipinski definition) is 1. The molecule has 1 N–H and O–H groups in total. The Balaban J connectivity index is 1.52. The third-order valence-corrected chi connectivity index (χ3v) is 4.35. The topological polar surface area (TPSA) is 64.1 Å². The minimum Gasteiger partial charge on any atom is -0.486 e. The van der Waals surface area contributed by atoms with Gasteiger partial charge in [0.15, 0.2) is 0 Å². The summed E-state index contributed by atoms with van der Waals surface area (Å²) in [6.45, 7) is 4.32. The lowest BCUT2D eigenvalue weighted by Gasteiger charge is -2.04. The van der Waals surface area contributed by atoms with Crippen LogP contribution in [0.25, 0.3) is 0 Å². The SMILES string of the molecule is Cc1ccc(OCc2nc(CC(=O)Nc3cccc(C)n3)cs2)cc1. The monoisotopic (exact) mass is 353 g/mol. The number of anilines is 1. The summed E-state index contributed by atoms with van der Waals surface area (Å²) in [5.74, 6) is 1.24. The van der Waals surface area contributed by atoms with E-state index in [1.165, 1.54) is 16.9 Å². The van der Waals surface area contributed by atoms with Crippen molar-refractivity contribution >= 4 is 23.1 Å². The number of nitrogens with zero attached hydrogens (tertiary/aromatic N) is 2. The lowest BCUT2D eigenvalue weighted by atomic mass is 10.2. The molecule has 2 aromatic heterocycles. The number of aryl methyl sites for hydroxylation is 2. The van der Waals surface area contributed by atoms with Crippen molar-refractivity contribution in [2.45, 2.75) is 26.9 Å². The molecule has 0 saturated carbocycles. The van der Waals surface area contributed by atoms with Gasteiger partial charge in [-0.25, -0.2) is 9.97 Å². The lowest BCUT2D eigenvalue weighted by molar-refractivity contribution is -0.115. The predicted octanol–water partition coefficient (Wildman–Crippen LogP) is 3.92. The van der Waals surface area contributed by atoms with E-state index in [1.807, 2.05) is 55.6 Å². The van der Waals surface area contributed by atoms with Gasteiger partial charge in [0.05, 0.1) is 12.1 Å². The Hall–Kier alpha value is -2.73. The van der Waals surface area contributed by atoms with E-state index >= 15 is 0 Å². The fourth-order valence-corrected chi connectivity index (χ4v) is 2.95. The van der Waals surface area contributed by atoms with Crippen molar-refractivity contribution in [2.75, 3.05) is 5.32 Å². The second kappa shape index (κ2) is 7.90. The van der Waals surface area contributed by atoms with Crippen LogP contribution in [0.3, 0.4) is 0 Å². The van der Waals surface area contributed by atoms with Gasteiger partial charge in [-0.2, -0.15) is 0 Å². The maximum Gasteiger partial charge on any atom is 0.231 e. The van der Waals surface area contributed by atoms with Gasteiger partial charge in [-0.3, -0.25) is 4.79 Å². The predicted molar refractivity (Wildman–Crippen MR) is 98.9 cm³/mol. The summed E-state index contributed by atoms with van der Waals surface area (Å²) in [4.78, 5) is 20.8. The van der Waals surface area contributed by atoms with Gasteiger partial charge in [0.2, 0.25) is 5.91 Å². The Bertz CT molecular complexity index is 859. The largest absolute Gasteiger partial charge is 0.486 e. The van der Waals surface area contributed by atoms with Gasteiger partial charge in [0, 0.05) is 11.1 Å². The van der Waals surface area contributed by atoms with E-state index in [0.29, 0.717) is 12.4 Å². The zero-order valence-electron chi connectivity index (χ0n) is 14.2. The van der Waals surface area contributed by atoms with E-state index < -0.39 is 0 Å². The number of thiazole rings is 1. The summed E-state index contributed by atoms with van der Waals surface area (Å²) in [6.07, 6.45) is 0.219. The average molecular weight is 353 g/mol. The van der Waals surface area contributed by atoms with Gasteiger partial charge in [0.25, 0.3) is 0 Å². The van der Waals surface area contributed by atoms with E-state index in [0.717, 1.165) is 22.1 Å². The van der Waals surface area contributed by atoms with E-state index in [1.54, 1.807) is 6.07 Å². The first kappa shape index (κ1) is 17.1. The van der Waals surface area contributed by atoms with Gasteiger partial charge in [-0.15, -0.1) is 11.3 Å². The Morgan fingerprint density at radius 3 is 2.68 bits per heavy atom. The van der Waals surface area contributed by atoms with Crippen LogP contribution < -0.4 is 10.1 Å². The van der Waals surface area contributed by atoms with Crippen LogP contribution in [0.1, 0.15) is 22.0 Å². The number of aromatic nitrogens is 2. The van der Waals surface area contributed by atoms with Crippen molar-refractivity contribution in [2.24, 2.45) is 0 Å². The highest BCUT2D eigenvalue weighted by molar-refractivity contribution is 7.09. The van der Waals surface area contributed by atoms with Crippen molar-refractivity contribution in [1.82, 2.24) is 9.97 Å². The Morgan fingerprint density at radius 1 is 1.12 bits per heavy atom.